The van der Waals surface area contributed by atoms with E-state index in [4.69, 9.17) is 28.2 Å². The van der Waals surface area contributed by atoms with Gasteiger partial charge in [0, 0.05) is 37.2 Å². The van der Waals surface area contributed by atoms with Crippen LogP contribution in [0.15, 0.2) is 27.8 Å². The number of imidazole rings is 1. The molecular weight excluding hydrogens is 425 g/mol. The minimum Gasteiger partial charge on any atom is -0.342 e. The van der Waals surface area contributed by atoms with E-state index in [-0.39, 0.29) is 5.56 Å². The maximum Gasteiger partial charge on any atom is 0.332 e. The first-order chi connectivity index (χ1) is 14.2. The monoisotopic (exact) mass is 449 g/mol. The number of hydrogen-bond donors (Lipinski definition) is 0. The van der Waals surface area contributed by atoms with Gasteiger partial charge < -0.3 is 4.90 Å². The van der Waals surface area contributed by atoms with E-state index in [1.54, 1.807) is 19.2 Å². The van der Waals surface area contributed by atoms with Gasteiger partial charge in [-0.15, -0.1) is 0 Å². The molecule has 1 aliphatic rings. The Morgan fingerprint density at radius 3 is 2.37 bits per heavy atom. The molecule has 0 aliphatic carbocycles. The lowest BCUT2D eigenvalue weighted by Gasteiger charge is -2.35. The van der Waals surface area contributed by atoms with Gasteiger partial charge in [0.15, 0.2) is 11.2 Å². The molecule has 3 aromatic rings. The van der Waals surface area contributed by atoms with Crippen LogP contribution in [0.3, 0.4) is 0 Å². The van der Waals surface area contributed by atoms with Gasteiger partial charge in [0.25, 0.3) is 5.56 Å². The van der Waals surface area contributed by atoms with E-state index in [1.165, 1.54) is 11.6 Å². The molecule has 9 heteroatoms. The fourth-order valence-corrected chi connectivity index (χ4v) is 4.94. The van der Waals surface area contributed by atoms with Gasteiger partial charge in [-0.25, -0.2) is 4.79 Å². The molecule has 0 amide bonds. The average molecular weight is 450 g/mol. The highest BCUT2D eigenvalue weighted by Crippen LogP contribution is 2.30. The van der Waals surface area contributed by atoms with E-state index in [0.29, 0.717) is 45.5 Å². The van der Waals surface area contributed by atoms with Crippen LogP contribution in [0.4, 0.5) is 5.95 Å². The first-order valence-electron chi connectivity index (χ1n) is 10.0. The van der Waals surface area contributed by atoms with Gasteiger partial charge in [-0.05, 0) is 36.0 Å². The SMILES string of the molecule is C[C@H]1C[C@H](C)CN(c2nc3c(c(=O)n(C)c(=O)n3C)n2Cc2ccc(Cl)cc2Cl)C1. The maximum atomic E-state index is 13.1. The van der Waals surface area contributed by atoms with Crippen molar-refractivity contribution in [3.05, 3.63) is 54.6 Å². The molecule has 3 heterocycles. The van der Waals surface area contributed by atoms with Crippen molar-refractivity contribution in [2.24, 2.45) is 25.9 Å². The molecule has 0 radical (unpaired) electrons. The third-order valence-electron chi connectivity index (χ3n) is 5.82. The quantitative estimate of drug-likeness (QED) is 0.615. The van der Waals surface area contributed by atoms with Gasteiger partial charge in [-0.2, -0.15) is 4.98 Å². The summed E-state index contributed by atoms with van der Waals surface area (Å²) in [7, 11) is 3.13. The molecule has 0 bridgehead atoms. The smallest absolute Gasteiger partial charge is 0.332 e. The normalized spacial score (nSPS) is 19.6. The van der Waals surface area contributed by atoms with E-state index in [2.05, 4.69) is 18.7 Å². The Bertz CT molecular complexity index is 1230. The van der Waals surface area contributed by atoms with Crippen LogP contribution in [0.5, 0.6) is 0 Å². The second kappa shape index (κ2) is 7.78. The lowest BCUT2D eigenvalue weighted by molar-refractivity contribution is 0.352. The minimum absolute atomic E-state index is 0.356. The summed E-state index contributed by atoms with van der Waals surface area (Å²) in [6, 6.07) is 5.32. The van der Waals surface area contributed by atoms with E-state index < -0.39 is 5.69 Å². The summed E-state index contributed by atoms with van der Waals surface area (Å²) in [5.74, 6) is 1.70. The highest BCUT2D eigenvalue weighted by Gasteiger charge is 2.28. The second-order valence-corrected chi connectivity index (χ2v) is 9.31. The van der Waals surface area contributed by atoms with Crippen LogP contribution in [-0.4, -0.2) is 31.8 Å². The van der Waals surface area contributed by atoms with E-state index in [0.717, 1.165) is 29.6 Å². The number of hydrogen-bond acceptors (Lipinski definition) is 4. The molecule has 4 rings (SSSR count). The number of benzene rings is 1. The van der Waals surface area contributed by atoms with Crippen molar-refractivity contribution in [3.8, 4) is 0 Å². The van der Waals surface area contributed by atoms with Crippen LogP contribution >= 0.6 is 23.2 Å². The van der Waals surface area contributed by atoms with Crippen LogP contribution in [0, 0.1) is 11.8 Å². The molecule has 0 spiro atoms. The summed E-state index contributed by atoms with van der Waals surface area (Å²) in [6.07, 6.45) is 1.15. The first kappa shape index (κ1) is 21.0. The Morgan fingerprint density at radius 1 is 1.07 bits per heavy atom. The van der Waals surface area contributed by atoms with Crippen LogP contribution in [-0.2, 0) is 20.6 Å². The lowest BCUT2D eigenvalue weighted by Crippen LogP contribution is -2.40. The summed E-state index contributed by atoms with van der Waals surface area (Å²) < 4.78 is 4.43. The fraction of sp³-hybridized carbons (Fsp3) is 0.476. The number of halogens is 2. The van der Waals surface area contributed by atoms with Crippen LogP contribution in [0.25, 0.3) is 11.2 Å². The molecule has 30 heavy (non-hydrogen) atoms. The molecule has 1 saturated heterocycles. The van der Waals surface area contributed by atoms with Crippen molar-refractivity contribution in [1.82, 2.24) is 18.7 Å². The number of anilines is 1. The van der Waals surface area contributed by atoms with E-state index in [9.17, 15) is 9.59 Å². The number of fused-ring (bicyclic) bond motifs is 1. The molecule has 1 aliphatic heterocycles. The van der Waals surface area contributed by atoms with Gasteiger partial charge in [-0.3, -0.25) is 18.5 Å². The Balaban J connectivity index is 1.97. The maximum absolute atomic E-state index is 13.1. The highest BCUT2D eigenvalue weighted by atomic mass is 35.5. The zero-order valence-electron chi connectivity index (χ0n) is 17.5. The molecule has 0 unspecified atom stereocenters. The topological polar surface area (TPSA) is 65.1 Å². The third kappa shape index (κ3) is 3.54. The Morgan fingerprint density at radius 2 is 1.73 bits per heavy atom. The summed E-state index contributed by atoms with van der Waals surface area (Å²) in [5, 5.41) is 1.08. The number of piperidine rings is 1. The van der Waals surface area contributed by atoms with Crippen molar-refractivity contribution in [1.29, 1.82) is 0 Å². The number of nitrogens with zero attached hydrogens (tertiary/aromatic N) is 5. The third-order valence-corrected chi connectivity index (χ3v) is 6.41. The van der Waals surface area contributed by atoms with Crippen molar-refractivity contribution < 1.29 is 0 Å². The first-order valence-corrected chi connectivity index (χ1v) is 10.8. The molecule has 1 fully saturated rings. The van der Waals surface area contributed by atoms with E-state index >= 15 is 0 Å². The average Bonchev–Trinajstić information content (AvgIpc) is 3.05. The van der Waals surface area contributed by atoms with Gasteiger partial charge in [0.2, 0.25) is 5.95 Å². The largest absolute Gasteiger partial charge is 0.342 e. The summed E-state index contributed by atoms with van der Waals surface area (Å²) >= 11 is 12.5. The van der Waals surface area contributed by atoms with Crippen molar-refractivity contribution in [2.45, 2.75) is 26.8 Å². The Labute approximate surface area is 184 Å². The zero-order valence-corrected chi connectivity index (χ0v) is 19.0. The second-order valence-electron chi connectivity index (χ2n) is 8.46. The molecular formula is C21H25Cl2N5O2. The predicted molar refractivity (Wildman–Crippen MR) is 121 cm³/mol. The highest BCUT2D eigenvalue weighted by molar-refractivity contribution is 6.35. The van der Waals surface area contributed by atoms with Crippen molar-refractivity contribution >= 4 is 40.3 Å². The number of aryl methyl sites for hydroxylation is 1. The van der Waals surface area contributed by atoms with Gasteiger partial charge >= 0.3 is 5.69 Å². The van der Waals surface area contributed by atoms with E-state index in [1.807, 2.05) is 10.6 Å². The standard InChI is InChI=1S/C21H25Cl2N5O2/c1-12-7-13(2)10-27(9-12)20-24-18-17(19(29)26(4)21(30)25(18)3)28(20)11-14-5-6-15(22)8-16(14)23/h5-6,8,12-13H,7,9-11H2,1-4H3/t12-,13-/m0/s1. The minimum atomic E-state index is -0.395. The number of aromatic nitrogens is 4. The zero-order chi connectivity index (χ0) is 21.7. The summed E-state index contributed by atoms with van der Waals surface area (Å²) in [6.45, 7) is 6.49. The molecule has 7 nitrogen and oxygen atoms in total. The van der Waals surface area contributed by atoms with Gasteiger partial charge in [0.1, 0.15) is 0 Å². The lowest BCUT2D eigenvalue weighted by atomic mass is 9.92. The molecule has 2 aromatic heterocycles. The van der Waals surface area contributed by atoms with Crippen molar-refractivity contribution in [3.63, 3.8) is 0 Å². The summed E-state index contributed by atoms with van der Waals surface area (Å²) in [4.78, 5) is 32.6. The molecule has 160 valence electrons. The number of rotatable bonds is 3. The molecule has 1 aromatic carbocycles. The Hall–Kier alpha value is -2.25. The molecule has 0 N–H and O–H groups in total. The summed E-state index contributed by atoms with van der Waals surface area (Å²) in [5.41, 5.74) is 0.847. The van der Waals surface area contributed by atoms with Gasteiger partial charge in [0.05, 0.1) is 6.54 Å². The van der Waals surface area contributed by atoms with Gasteiger partial charge in [-0.1, -0.05) is 43.1 Å². The molecule has 0 saturated carbocycles. The van der Waals surface area contributed by atoms with Crippen LogP contribution in [0.2, 0.25) is 10.0 Å². The molecule has 2 atom stereocenters. The van der Waals surface area contributed by atoms with Crippen LogP contribution < -0.4 is 16.1 Å². The fourth-order valence-electron chi connectivity index (χ4n) is 4.47. The van der Waals surface area contributed by atoms with Crippen LogP contribution in [0.1, 0.15) is 25.8 Å². The Kier molecular flexibility index (Phi) is 5.45. The van der Waals surface area contributed by atoms with Crippen molar-refractivity contribution in [2.75, 3.05) is 18.0 Å². The predicted octanol–water partition coefficient (Wildman–Crippen LogP) is 3.27.